The molecule has 5 nitrogen and oxygen atoms in total. The van der Waals surface area contributed by atoms with E-state index in [2.05, 4.69) is 4.90 Å². The number of hydrogen-bond donors (Lipinski definition) is 0. The maximum Gasteiger partial charge on any atom is 0.410 e. The zero-order chi connectivity index (χ0) is 18.0. The smallest absolute Gasteiger partial charge is 0.410 e. The Morgan fingerprint density at radius 3 is 2.65 bits per heavy atom. The summed E-state index contributed by atoms with van der Waals surface area (Å²) < 4.78 is 5.46. The van der Waals surface area contributed by atoms with Crippen LogP contribution < -0.4 is 0 Å². The fraction of sp³-hybridized carbons (Fsp3) is 0.619. The van der Waals surface area contributed by atoms with Crippen molar-refractivity contribution in [3.8, 4) is 0 Å². The molecule has 0 N–H and O–H groups in total. The Kier molecular flexibility index (Phi) is 4.88. The first-order chi connectivity index (χ1) is 12.7. The second-order valence-corrected chi connectivity index (χ2v) is 8.14. The first-order valence-electron chi connectivity index (χ1n) is 9.91. The van der Waals surface area contributed by atoms with Crippen LogP contribution in [-0.4, -0.2) is 48.0 Å². The summed E-state index contributed by atoms with van der Waals surface area (Å²) in [6.07, 6.45) is 6.24. The summed E-state index contributed by atoms with van der Waals surface area (Å²) in [5.41, 5.74) is 0.614. The molecule has 2 amide bonds. The summed E-state index contributed by atoms with van der Waals surface area (Å²) in [4.78, 5) is 29.4. The van der Waals surface area contributed by atoms with E-state index in [4.69, 9.17) is 4.74 Å². The topological polar surface area (TPSA) is 49.9 Å². The van der Waals surface area contributed by atoms with Gasteiger partial charge in [0.15, 0.2) is 0 Å². The zero-order valence-electron chi connectivity index (χ0n) is 15.4. The molecule has 3 fully saturated rings. The number of piperidine rings is 1. The lowest BCUT2D eigenvalue weighted by Crippen LogP contribution is -2.52. The minimum Gasteiger partial charge on any atom is -0.445 e. The average molecular weight is 356 g/mol. The second kappa shape index (κ2) is 7.29. The Morgan fingerprint density at radius 2 is 1.92 bits per heavy atom. The van der Waals surface area contributed by atoms with Gasteiger partial charge in [-0.2, -0.15) is 0 Å². The van der Waals surface area contributed by atoms with Gasteiger partial charge in [-0.15, -0.1) is 0 Å². The van der Waals surface area contributed by atoms with Gasteiger partial charge in [-0.1, -0.05) is 36.8 Å². The first kappa shape index (κ1) is 17.4. The fourth-order valence-electron chi connectivity index (χ4n) is 4.53. The van der Waals surface area contributed by atoms with Crippen molar-refractivity contribution in [1.82, 2.24) is 9.80 Å². The number of rotatable bonds is 4. The highest BCUT2D eigenvalue weighted by Crippen LogP contribution is 2.41. The third-order valence-electron chi connectivity index (χ3n) is 6.34. The monoisotopic (exact) mass is 356 g/mol. The van der Waals surface area contributed by atoms with Gasteiger partial charge >= 0.3 is 6.09 Å². The van der Waals surface area contributed by atoms with Crippen molar-refractivity contribution in [2.45, 2.75) is 45.1 Å². The minimum atomic E-state index is -0.367. The van der Waals surface area contributed by atoms with Gasteiger partial charge in [-0.05, 0) is 43.6 Å². The number of carbonyl (C=O) groups is 2. The molecule has 1 aliphatic carbocycles. The number of carbonyl (C=O) groups excluding carboxylic acids is 2. The van der Waals surface area contributed by atoms with Crippen LogP contribution in [0.3, 0.4) is 0 Å². The van der Waals surface area contributed by atoms with E-state index in [1.165, 1.54) is 19.3 Å². The van der Waals surface area contributed by atoms with E-state index in [0.717, 1.165) is 37.9 Å². The van der Waals surface area contributed by atoms with Crippen molar-refractivity contribution in [2.75, 3.05) is 26.2 Å². The second-order valence-electron chi connectivity index (χ2n) is 8.14. The molecule has 140 valence electrons. The summed E-state index contributed by atoms with van der Waals surface area (Å²) in [5, 5.41) is 0. The quantitative estimate of drug-likeness (QED) is 0.830. The van der Waals surface area contributed by atoms with Crippen LogP contribution in [0.1, 0.15) is 44.1 Å². The van der Waals surface area contributed by atoms with Crippen LogP contribution in [0.4, 0.5) is 4.79 Å². The Morgan fingerprint density at radius 1 is 1.12 bits per heavy atom. The van der Waals surface area contributed by atoms with E-state index >= 15 is 0 Å². The number of nitrogens with zero attached hydrogens (tertiary/aromatic N) is 2. The van der Waals surface area contributed by atoms with Gasteiger partial charge < -0.3 is 14.5 Å². The Labute approximate surface area is 155 Å². The molecule has 4 rings (SSSR count). The molecule has 2 heterocycles. The molecule has 1 aromatic rings. The molecule has 1 aromatic carbocycles. The van der Waals surface area contributed by atoms with Crippen LogP contribution in [0.5, 0.6) is 0 Å². The largest absolute Gasteiger partial charge is 0.445 e. The van der Waals surface area contributed by atoms with Gasteiger partial charge in [0, 0.05) is 26.2 Å². The predicted molar refractivity (Wildman–Crippen MR) is 98.4 cm³/mol. The van der Waals surface area contributed by atoms with E-state index in [1.54, 1.807) is 4.90 Å². The predicted octanol–water partition coefficient (Wildman–Crippen LogP) is 3.44. The molecule has 26 heavy (non-hydrogen) atoms. The standard InChI is InChI=1S/C21H28N2O3/c24-19-21(10-5-12-22(19)14-17-8-4-9-17)11-13-23(16-21)20(25)26-15-18-6-2-1-3-7-18/h1-3,6-7,17H,4-5,8-16H2. The number of amides is 2. The van der Waals surface area contributed by atoms with Crippen molar-refractivity contribution in [3.05, 3.63) is 35.9 Å². The molecule has 2 aliphatic heterocycles. The molecule has 1 saturated carbocycles. The summed E-state index contributed by atoms with van der Waals surface area (Å²) in [6.45, 7) is 3.22. The molecule has 1 unspecified atom stereocenters. The van der Waals surface area contributed by atoms with Crippen molar-refractivity contribution in [2.24, 2.45) is 11.3 Å². The molecule has 2 saturated heterocycles. The van der Waals surface area contributed by atoms with Gasteiger partial charge in [-0.3, -0.25) is 4.79 Å². The lowest BCUT2D eigenvalue weighted by Gasteiger charge is -2.42. The SMILES string of the molecule is O=C(OCc1ccccc1)N1CCC2(CCCN(CC3CCC3)C2=O)C1. The third-order valence-corrected chi connectivity index (χ3v) is 6.34. The van der Waals surface area contributed by atoms with Gasteiger partial charge in [0.2, 0.25) is 5.91 Å². The minimum absolute atomic E-state index is 0.272. The van der Waals surface area contributed by atoms with E-state index in [0.29, 0.717) is 19.0 Å². The molecule has 5 heteroatoms. The van der Waals surface area contributed by atoms with Crippen LogP contribution in [0.2, 0.25) is 0 Å². The highest BCUT2D eigenvalue weighted by atomic mass is 16.6. The Bertz CT molecular complexity index is 658. The van der Waals surface area contributed by atoms with Crippen molar-refractivity contribution >= 4 is 12.0 Å². The Hall–Kier alpha value is -2.04. The van der Waals surface area contributed by atoms with Crippen molar-refractivity contribution in [1.29, 1.82) is 0 Å². The highest BCUT2D eigenvalue weighted by Gasteiger charge is 2.50. The van der Waals surface area contributed by atoms with Gasteiger partial charge in [-0.25, -0.2) is 4.79 Å². The average Bonchev–Trinajstić information content (AvgIpc) is 3.06. The molecule has 1 spiro atoms. The maximum absolute atomic E-state index is 13.1. The van der Waals surface area contributed by atoms with Crippen molar-refractivity contribution in [3.63, 3.8) is 0 Å². The fourth-order valence-corrected chi connectivity index (χ4v) is 4.53. The number of ether oxygens (including phenoxy) is 1. The third kappa shape index (κ3) is 3.44. The number of benzene rings is 1. The molecule has 3 aliphatic rings. The number of hydrogen-bond acceptors (Lipinski definition) is 3. The van der Waals surface area contributed by atoms with Crippen LogP contribution >= 0.6 is 0 Å². The first-order valence-corrected chi connectivity index (χ1v) is 9.91. The lowest BCUT2D eigenvalue weighted by molar-refractivity contribution is -0.146. The normalized spacial score (nSPS) is 26.2. The summed E-state index contributed by atoms with van der Waals surface area (Å²) in [7, 11) is 0. The van der Waals surface area contributed by atoms with E-state index in [1.807, 2.05) is 30.3 Å². The number of likely N-dealkylation sites (tertiary alicyclic amines) is 2. The van der Waals surface area contributed by atoms with Crippen LogP contribution in [0.15, 0.2) is 30.3 Å². The molecule has 0 bridgehead atoms. The van der Waals surface area contributed by atoms with Gasteiger partial charge in [0.05, 0.1) is 5.41 Å². The van der Waals surface area contributed by atoms with Gasteiger partial charge in [0.1, 0.15) is 6.61 Å². The lowest BCUT2D eigenvalue weighted by atomic mass is 9.77. The molecular formula is C21H28N2O3. The summed E-state index contributed by atoms with van der Waals surface area (Å²) in [6, 6.07) is 9.71. The van der Waals surface area contributed by atoms with E-state index in [9.17, 15) is 9.59 Å². The maximum atomic E-state index is 13.1. The molecule has 0 radical (unpaired) electrons. The summed E-state index contributed by atoms with van der Waals surface area (Å²) >= 11 is 0. The van der Waals surface area contributed by atoms with Gasteiger partial charge in [0.25, 0.3) is 0 Å². The molecule has 1 atom stereocenters. The molecule has 0 aromatic heterocycles. The van der Waals surface area contributed by atoms with E-state index in [-0.39, 0.29) is 24.0 Å². The van der Waals surface area contributed by atoms with Crippen LogP contribution in [-0.2, 0) is 16.1 Å². The Balaban J connectivity index is 1.34. The summed E-state index contributed by atoms with van der Waals surface area (Å²) in [5.74, 6) is 0.969. The highest BCUT2D eigenvalue weighted by molar-refractivity contribution is 5.85. The zero-order valence-corrected chi connectivity index (χ0v) is 15.4. The van der Waals surface area contributed by atoms with Crippen LogP contribution in [0, 0.1) is 11.3 Å². The van der Waals surface area contributed by atoms with Crippen LogP contribution in [0.25, 0.3) is 0 Å². The van der Waals surface area contributed by atoms with E-state index < -0.39 is 0 Å². The molecular weight excluding hydrogens is 328 g/mol. The van der Waals surface area contributed by atoms with Crippen molar-refractivity contribution < 1.29 is 14.3 Å².